The molecule has 28 heavy (non-hydrogen) atoms. The third kappa shape index (κ3) is 3.08. The van der Waals surface area contributed by atoms with Crippen molar-refractivity contribution in [2.75, 3.05) is 5.32 Å². The first-order valence-corrected chi connectivity index (χ1v) is 9.81. The zero-order valence-electron chi connectivity index (χ0n) is 15.4. The molecule has 0 aliphatic carbocycles. The molecule has 0 radical (unpaired) electrons. The number of allylic oxidation sites excluding steroid dienone is 1. The van der Waals surface area contributed by atoms with Crippen molar-refractivity contribution in [3.63, 3.8) is 0 Å². The lowest BCUT2D eigenvalue weighted by molar-refractivity contribution is 0.102. The fraction of sp³-hybridized carbons (Fsp3) is 0.158. The molecule has 4 rings (SSSR count). The van der Waals surface area contributed by atoms with Crippen LogP contribution in [0.25, 0.3) is 21.6 Å². The van der Waals surface area contributed by atoms with E-state index in [9.17, 15) is 4.79 Å². The third-order valence-electron chi connectivity index (χ3n) is 4.43. The maximum Gasteiger partial charge on any atom is 0.259 e. The van der Waals surface area contributed by atoms with Crippen molar-refractivity contribution >= 4 is 45.5 Å². The number of hydrogen-bond donors (Lipinski definition) is 2. The van der Waals surface area contributed by atoms with Crippen molar-refractivity contribution in [3.05, 3.63) is 59.1 Å². The summed E-state index contributed by atoms with van der Waals surface area (Å²) >= 11 is 6.65. The topological polar surface area (TPSA) is 80.5 Å². The molecule has 2 N–H and O–H groups in total. The Morgan fingerprint density at radius 1 is 1.43 bits per heavy atom. The number of carbonyl (C=O) groups excluding carboxylic acids is 1. The van der Waals surface area contributed by atoms with E-state index in [0.29, 0.717) is 27.8 Å². The van der Waals surface area contributed by atoms with E-state index in [2.05, 4.69) is 27.1 Å². The number of amides is 1. The Labute approximate surface area is 170 Å². The van der Waals surface area contributed by atoms with E-state index in [1.54, 1.807) is 6.08 Å². The van der Waals surface area contributed by atoms with Gasteiger partial charge in [-0.3, -0.25) is 19.8 Å². The molecule has 7 nitrogen and oxygen atoms in total. The van der Waals surface area contributed by atoms with Gasteiger partial charge in [0.05, 0.1) is 16.1 Å². The molecule has 0 aliphatic heterocycles. The Balaban J connectivity index is 1.67. The number of aromatic nitrogens is 5. The normalized spacial score (nSPS) is 11.1. The van der Waals surface area contributed by atoms with Gasteiger partial charge in [0.1, 0.15) is 0 Å². The van der Waals surface area contributed by atoms with E-state index in [1.807, 2.05) is 53.6 Å². The van der Waals surface area contributed by atoms with Crippen LogP contribution in [0.2, 0.25) is 0 Å². The molecule has 0 saturated heterocycles. The Hall–Kier alpha value is -3.04. The second-order valence-electron chi connectivity index (χ2n) is 6.31. The van der Waals surface area contributed by atoms with Gasteiger partial charge in [0, 0.05) is 30.7 Å². The highest BCUT2D eigenvalue weighted by molar-refractivity contribution is 7.71. The Morgan fingerprint density at radius 3 is 3.00 bits per heavy atom. The van der Waals surface area contributed by atoms with Crippen LogP contribution in [0, 0.1) is 11.7 Å². The minimum Gasteiger partial charge on any atom is -0.350 e. The maximum absolute atomic E-state index is 12.9. The molecule has 1 aromatic carbocycles. The zero-order chi connectivity index (χ0) is 19.8. The number of hydrogen-bond acceptors (Lipinski definition) is 5. The second kappa shape index (κ2) is 7.17. The van der Waals surface area contributed by atoms with Crippen LogP contribution in [-0.2, 0) is 13.6 Å². The van der Waals surface area contributed by atoms with Crippen molar-refractivity contribution in [3.8, 4) is 10.7 Å². The van der Waals surface area contributed by atoms with Crippen LogP contribution in [0.3, 0.4) is 0 Å². The largest absolute Gasteiger partial charge is 0.350 e. The molecular weight excluding hydrogens is 392 g/mol. The molecule has 0 aliphatic rings. The summed E-state index contributed by atoms with van der Waals surface area (Å²) in [7, 11) is 1.92. The predicted octanol–water partition coefficient (Wildman–Crippen LogP) is 4.30. The second-order valence-corrected chi connectivity index (χ2v) is 7.70. The fourth-order valence-electron chi connectivity index (χ4n) is 3.13. The number of aromatic amines is 1. The molecule has 9 heteroatoms. The molecule has 3 aromatic heterocycles. The molecule has 0 saturated carbocycles. The standard InChI is InChI=1S/C19H18N6OS2/c1-4-9-25-16(22-23-19(25)27)15-11(2)20-18(28-15)21-17(26)13-10-24(3)14-8-6-5-7-12(13)14/h4-8,10H,1,9H2,2-3H3,(H,23,27)(H,20,21,26). The van der Waals surface area contributed by atoms with E-state index >= 15 is 0 Å². The monoisotopic (exact) mass is 410 g/mol. The molecule has 0 fully saturated rings. The quantitative estimate of drug-likeness (QED) is 0.380. The Bertz CT molecular complexity index is 1260. The summed E-state index contributed by atoms with van der Waals surface area (Å²) in [5.74, 6) is 0.493. The van der Waals surface area contributed by atoms with E-state index in [1.165, 1.54) is 11.3 Å². The van der Waals surface area contributed by atoms with Crippen molar-refractivity contribution in [1.29, 1.82) is 0 Å². The molecule has 4 aromatic rings. The van der Waals surface area contributed by atoms with Gasteiger partial charge in [-0.25, -0.2) is 4.98 Å². The fourth-order valence-corrected chi connectivity index (χ4v) is 4.30. The maximum atomic E-state index is 12.9. The van der Waals surface area contributed by atoms with Crippen molar-refractivity contribution < 1.29 is 4.79 Å². The summed E-state index contributed by atoms with van der Waals surface area (Å²) in [6.45, 7) is 6.18. The first-order chi connectivity index (χ1) is 13.5. The SMILES string of the molecule is C=CCn1c(-c2sc(NC(=O)c3cn(C)c4ccccc34)nc2C)n[nH]c1=S. The van der Waals surface area contributed by atoms with Gasteiger partial charge < -0.3 is 4.57 Å². The number of anilines is 1. The summed E-state index contributed by atoms with van der Waals surface area (Å²) in [5.41, 5.74) is 2.39. The van der Waals surface area contributed by atoms with E-state index < -0.39 is 0 Å². The van der Waals surface area contributed by atoms with Gasteiger partial charge in [0.25, 0.3) is 5.91 Å². The highest BCUT2D eigenvalue weighted by atomic mass is 32.1. The highest BCUT2D eigenvalue weighted by Crippen LogP contribution is 2.32. The van der Waals surface area contributed by atoms with E-state index in [4.69, 9.17) is 12.2 Å². The van der Waals surface area contributed by atoms with Crippen molar-refractivity contribution in [1.82, 2.24) is 24.3 Å². The number of carbonyl (C=O) groups is 1. The average Bonchev–Trinajstić information content (AvgIpc) is 3.32. The number of H-pyrrole nitrogens is 1. The average molecular weight is 411 g/mol. The van der Waals surface area contributed by atoms with Crippen LogP contribution < -0.4 is 5.32 Å². The molecule has 3 heterocycles. The number of para-hydroxylation sites is 1. The summed E-state index contributed by atoms with van der Waals surface area (Å²) in [6, 6.07) is 7.80. The lowest BCUT2D eigenvalue weighted by atomic mass is 10.1. The summed E-state index contributed by atoms with van der Waals surface area (Å²) in [4.78, 5) is 18.2. The number of fused-ring (bicyclic) bond motifs is 1. The lowest BCUT2D eigenvalue weighted by Crippen LogP contribution is -2.11. The Kier molecular flexibility index (Phi) is 4.70. The molecular formula is C19H18N6OS2. The van der Waals surface area contributed by atoms with Gasteiger partial charge in [-0.1, -0.05) is 35.6 Å². The van der Waals surface area contributed by atoms with Crippen molar-refractivity contribution in [2.24, 2.45) is 7.05 Å². The molecule has 142 valence electrons. The molecule has 0 bridgehead atoms. The zero-order valence-corrected chi connectivity index (χ0v) is 17.0. The first-order valence-electron chi connectivity index (χ1n) is 8.59. The highest BCUT2D eigenvalue weighted by Gasteiger charge is 2.19. The molecule has 0 spiro atoms. The molecule has 0 unspecified atom stereocenters. The molecule has 0 atom stereocenters. The van der Waals surface area contributed by atoms with Crippen LogP contribution in [0.1, 0.15) is 16.1 Å². The minimum absolute atomic E-state index is 0.193. The van der Waals surface area contributed by atoms with Gasteiger partial charge in [-0.2, -0.15) is 5.10 Å². The number of thiazole rings is 1. The lowest BCUT2D eigenvalue weighted by Gasteiger charge is -2.01. The summed E-state index contributed by atoms with van der Waals surface area (Å²) < 4.78 is 4.30. The number of benzene rings is 1. The van der Waals surface area contributed by atoms with E-state index in [0.717, 1.165) is 21.5 Å². The summed E-state index contributed by atoms with van der Waals surface area (Å²) in [5, 5.41) is 11.5. The van der Waals surface area contributed by atoms with Gasteiger partial charge in [-0.05, 0) is 25.2 Å². The first kappa shape index (κ1) is 18.3. The van der Waals surface area contributed by atoms with E-state index in [-0.39, 0.29) is 5.91 Å². The van der Waals surface area contributed by atoms with Crippen molar-refractivity contribution in [2.45, 2.75) is 13.5 Å². The minimum atomic E-state index is -0.193. The number of nitrogens with one attached hydrogen (secondary N) is 2. The van der Waals surface area contributed by atoms with Crippen LogP contribution in [0.15, 0.2) is 43.1 Å². The Morgan fingerprint density at radius 2 is 2.21 bits per heavy atom. The molecule has 1 amide bonds. The number of nitrogens with zero attached hydrogens (tertiary/aromatic N) is 4. The third-order valence-corrected chi connectivity index (χ3v) is 5.81. The van der Waals surface area contributed by atoms with Gasteiger partial charge >= 0.3 is 0 Å². The van der Waals surface area contributed by atoms with Crippen LogP contribution in [-0.4, -0.2) is 30.2 Å². The smallest absolute Gasteiger partial charge is 0.259 e. The summed E-state index contributed by atoms with van der Waals surface area (Å²) in [6.07, 6.45) is 3.59. The number of aryl methyl sites for hydroxylation is 2. The van der Waals surface area contributed by atoms with Crippen LogP contribution >= 0.6 is 23.6 Å². The van der Waals surface area contributed by atoms with Gasteiger partial charge in [-0.15, -0.1) is 6.58 Å². The number of rotatable bonds is 5. The van der Waals surface area contributed by atoms with Crippen LogP contribution in [0.5, 0.6) is 0 Å². The van der Waals surface area contributed by atoms with Crippen LogP contribution in [0.4, 0.5) is 5.13 Å². The van der Waals surface area contributed by atoms with Gasteiger partial charge in [0.2, 0.25) is 0 Å². The predicted molar refractivity (Wildman–Crippen MR) is 114 cm³/mol. The van der Waals surface area contributed by atoms with Gasteiger partial charge in [0.15, 0.2) is 15.7 Å².